The highest BCUT2D eigenvalue weighted by molar-refractivity contribution is 9.10. The average molecular weight is 392 g/mol. The number of nitrogens with two attached hydrogens (primary N) is 1. The minimum absolute atomic E-state index is 0.242. The largest absolute Gasteiger partial charge is 0.493 e. The van der Waals surface area contributed by atoms with E-state index in [0.717, 1.165) is 0 Å². The molecular weight excluding hydrogens is 378 g/mol. The number of carbonyl (C=O) groups is 2. The predicted octanol–water partition coefficient (Wildman–Crippen LogP) is 2.68. The summed E-state index contributed by atoms with van der Waals surface area (Å²) in [6.45, 7) is 0. The van der Waals surface area contributed by atoms with Crippen molar-refractivity contribution in [2.45, 2.75) is 0 Å². The van der Waals surface area contributed by atoms with Gasteiger partial charge in [-0.2, -0.15) is 5.10 Å². The first-order valence-electron chi connectivity index (χ1n) is 6.74. The number of nitrogens with one attached hydrogen (secondary N) is 1. The molecule has 124 valence electrons. The molecule has 0 aliphatic carbocycles. The van der Waals surface area contributed by atoms with Crippen molar-refractivity contribution in [2.75, 3.05) is 7.11 Å². The number of carbonyl (C=O) groups excluding carboxylic acids is 2. The van der Waals surface area contributed by atoms with Gasteiger partial charge in [-0.25, -0.2) is 15.0 Å². The minimum Gasteiger partial charge on any atom is -0.493 e. The lowest BCUT2D eigenvalue weighted by molar-refractivity contribution is 0.0728. The molecule has 0 aliphatic rings. The van der Waals surface area contributed by atoms with E-state index in [1.807, 2.05) is 6.07 Å². The Hall–Kier alpha value is -2.87. The van der Waals surface area contributed by atoms with E-state index >= 15 is 0 Å². The number of hydrazone groups is 1. The van der Waals surface area contributed by atoms with E-state index in [4.69, 9.17) is 15.2 Å². The first-order chi connectivity index (χ1) is 11.5. The summed E-state index contributed by atoms with van der Waals surface area (Å²) in [5.74, 6) is 0.0620. The Morgan fingerprint density at radius 2 is 1.96 bits per heavy atom. The molecule has 0 aromatic heterocycles. The predicted molar refractivity (Wildman–Crippen MR) is 92.4 cm³/mol. The summed E-state index contributed by atoms with van der Waals surface area (Å²) in [6, 6.07) is 11.1. The van der Waals surface area contributed by atoms with E-state index in [2.05, 4.69) is 26.5 Å². The Morgan fingerprint density at radius 1 is 1.25 bits per heavy atom. The van der Waals surface area contributed by atoms with Crippen LogP contribution < -0.4 is 20.6 Å². The number of benzene rings is 2. The number of hydrogen-bond acceptors (Lipinski definition) is 5. The van der Waals surface area contributed by atoms with Crippen LogP contribution in [0.1, 0.15) is 15.9 Å². The summed E-state index contributed by atoms with van der Waals surface area (Å²) in [5.41, 5.74) is 8.03. The molecule has 0 saturated carbocycles. The molecule has 0 atom stereocenters. The fraction of sp³-hybridized carbons (Fsp3) is 0.0625. The number of amides is 2. The van der Waals surface area contributed by atoms with Gasteiger partial charge in [0.25, 0.3) is 0 Å². The molecule has 8 heteroatoms. The molecular formula is C16H14BrN3O4. The summed E-state index contributed by atoms with van der Waals surface area (Å²) in [7, 11) is 1.45. The van der Waals surface area contributed by atoms with Crippen molar-refractivity contribution in [1.29, 1.82) is 0 Å². The van der Waals surface area contributed by atoms with Crippen LogP contribution in [0.25, 0.3) is 0 Å². The molecule has 0 bridgehead atoms. The molecule has 2 rings (SSSR count). The van der Waals surface area contributed by atoms with Crippen LogP contribution in [0.15, 0.2) is 52.0 Å². The zero-order chi connectivity index (χ0) is 17.5. The van der Waals surface area contributed by atoms with E-state index in [1.165, 1.54) is 13.3 Å². The summed E-state index contributed by atoms with van der Waals surface area (Å²) in [4.78, 5) is 22.8. The van der Waals surface area contributed by atoms with Crippen molar-refractivity contribution in [3.05, 3.63) is 58.1 Å². The van der Waals surface area contributed by atoms with Crippen LogP contribution in [0.3, 0.4) is 0 Å². The van der Waals surface area contributed by atoms with Crippen molar-refractivity contribution in [1.82, 2.24) is 5.43 Å². The maximum atomic E-state index is 12.2. The number of hydrogen-bond donors (Lipinski definition) is 2. The van der Waals surface area contributed by atoms with Crippen molar-refractivity contribution in [3.63, 3.8) is 0 Å². The first kappa shape index (κ1) is 17.5. The molecule has 24 heavy (non-hydrogen) atoms. The molecule has 3 N–H and O–H groups in total. The highest BCUT2D eigenvalue weighted by Gasteiger charge is 2.16. The summed E-state index contributed by atoms with van der Waals surface area (Å²) >= 11 is 3.33. The second-order valence-corrected chi connectivity index (χ2v) is 5.38. The maximum absolute atomic E-state index is 12.2. The van der Waals surface area contributed by atoms with Crippen LogP contribution in [0.2, 0.25) is 0 Å². The number of primary amides is 1. The SMILES string of the molecule is COc1cc(C=NNC(N)=O)cc(Br)c1OC(=O)c1ccccc1. The topological polar surface area (TPSA) is 103 Å². The number of halogens is 1. The second-order valence-electron chi connectivity index (χ2n) is 4.52. The Labute approximate surface area is 146 Å². The van der Waals surface area contributed by atoms with Crippen molar-refractivity contribution < 1.29 is 19.1 Å². The first-order valence-corrected chi connectivity index (χ1v) is 7.54. The maximum Gasteiger partial charge on any atom is 0.343 e. The molecule has 2 amide bonds. The number of esters is 1. The Bertz CT molecular complexity index is 778. The summed E-state index contributed by atoms with van der Waals surface area (Å²) in [6.07, 6.45) is 1.38. The molecule has 2 aromatic carbocycles. The van der Waals surface area contributed by atoms with Gasteiger partial charge >= 0.3 is 12.0 Å². The molecule has 0 unspecified atom stereocenters. The number of nitrogens with zero attached hydrogens (tertiary/aromatic N) is 1. The zero-order valence-electron chi connectivity index (χ0n) is 12.7. The number of ether oxygens (including phenoxy) is 2. The van der Waals surface area contributed by atoms with Gasteiger partial charge in [-0.15, -0.1) is 0 Å². The third kappa shape index (κ3) is 4.56. The van der Waals surface area contributed by atoms with E-state index in [9.17, 15) is 9.59 Å². The Kier molecular flexibility index (Phi) is 5.91. The molecule has 0 spiro atoms. The Morgan fingerprint density at radius 3 is 2.58 bits per heavy atom. The van der Waals surface area contributed by atoms with Crippen LogP contribution in [-0.4, -0.2) is 25.3 Å². The fourth-order valence-electron chi connectivity index (χ4n) is 1.81. The number of urea groups is 1. The molecule has 0 saturated heterocycles. The number of methoxy groups -OCH3 is 1. The van der Waals surface area contributed by atoms with Crippen LogP contribution in [0.5, 0.6) is 11.5 Å². The van der Waals surface area contributed by atoms with Crippen molar-refractivity contribution in [2.24, 2.45) is 10.8 Å². The van der Waals surface area contributed by atoms with Crippen LogP contribution in [0.4, 0.5) is 4.79 Å². The fourth-order valence-corrected chi connectivity index (χ4v) is 2.35. The van der Waals surface area contributed by atoms with Gasteiger partial charge < -0.3 is 15.2 Å². The van der Waals surface area contributed by atoms with E-state index in [0.29, 0.717) is 21.3 Å². The molecule has 0 radical (unpaired) electrons. The van der Waals surface area contributed by atoms with Gasteiger partial charge in [-0.3, -0.25) is 0 Å². The van der Waals surface area contributed by atoms with Gasteiger partial charge in [0.05, 0.1) is 23.4 Å². The quantitative estimate of drug-likeness (QED) is 0.353. The lowest BCUT2D eigenvalue weighted by atomic mass is 10.2. The monoisotopic (exact) mass is 391 g/mol. The zero-order valence-corrected chi connectivity index (χ0v) is 14.2. The summed E-state index contributed by atoms with van der Waals surface area (Å²) < 4.78 is 11.1. The average Bonchev–Trinajstić information content (AvgIpc) is 2.57. The molecule has 0 heterocycles. The standard InChI is InChI=1S/C16H14BrN3O4/c1-23-13-8-10(9-19-20-16(18)22)7-12(17)14(13)24-15(21)11-5-3-2-4-6-11/h2-9H,1H3,(H3,18,20,22). The molecule has 0 aliphatic heterocycles. The normalized spacial score (nSPS) is 10.4. The third-order valence-electron chi connectivity index (χ3n) is 2.84. The van der Waals surface area contributed by atoms with Crippen LogP contribution in [-0.2, 0) is 0 Å². The van der Waals surface area contributed by atoms with Crippen molar-refractivity contribution >= 4 is 34.1 Å². The number of rotatable bonds is 5. The highest BCUT2D eigenvalue weighted by atomic mass is 79.9. The summed E-state index contributed by atoms with van der Waals surface area (Å²) in [5, 5.41) is 3.66. The van der Waals surface area contributed by atoms with Gasteiger partial charge in [0.2, 0.25) is 0 Å². The lowest BCUT2D eigenvalue weighted by Crippen LogP contribution is -2.24. The van der Waals surface area contributed by atoms with Crippen LogP contribution in [0, 0.1) is 0 Å². The molecule has 7 nitrogen and oxygen atoms in total. The Balaban J connectivity index is 2.25. The second kappa shape index (κ2) is 8.11. The van der Waals surface area contributed by atoms with Gasteiger partial charge in [-0.1, -0.05) is 18.2 Å². The van der Waals surface area contributed by atoms with Crippen molar-refractivity contribution in [3.8, 4) is 11.5 Å². The van der Waals surface area contributed by atoms with E-state index < -0.39 is 12.0 Å². The minimum atomic E-state index is -0.773. The molecule has 0 fully saturated rings. The third-order valence-corrected chi connectivity index (χ3v) is 3.43. The molecule has 2 aromatic rings. The van der Waals surface area contributed by atoms with Gasteiger partial charge in [0.1, 0.15) is 0 Å². The van der Waals surface area contributed by atoms with E-state index in [-0.39, 0.29) is 5.75 Å². The van der Waals surface area contributed by atoms with Gasteiger partial charge in [-0.05, 0) is 45.8 Å². The van der Waals surface area contributed by atoms with Gasteiger partial charge in [0, 0.05) is 0 Å². The van der Waals surface area contributed by atoms with Gasteiger partial charge in [0.15, 0.2) is 11.5 Å². The highest BCUT2D eigenvalue weighted by Crippen LogP contribution is 2.36. The smallest absolute Gasteiger partial charge is 0.343 e. The van der Waals surface area contributed by atoms with E-state index in [1.54, 1.807) is 36.4 Å². The lowest BCUT2D eigenvalue weighted by Gasteiger charge is -2.12. The van der Waals surface area contributed by atoms with Crippen LogP contribution >= 0.6 is 15.9 Å².